The number of hydrogen-bond acceptors (Lipinski definition) is 9. The summed E-state index contributed by atoms with van der Waals surface area (Å²) in [6.45, 7) is 4.04. The molecule has 6 rings (SSSR count). The molecule has 44 heavy (non-hydrogen) atoms. The van der Waals surface area contributed by atoms with Gasteiger partial charge < -0.3 is 36.2 Å². The van der Waals surface area contributed by atoms with E-state index in [1.165, 1.54) is 0 Å². The van der Waals surface area contributed by atoms with Crippen LogP contribution in [0.15, 0.2) is 42.6 Å². The molecule has 5 N–H and O–H groups in total. The first kappa shape index (κ1) is 29.9. The van der Waals surface area contributed by atoms with Crippen LogP contribution < -0.4 is 31.3 Å². The Morgan fingerprint density at radius 2 is 1.86 bits per heavy atom. The molecule has 0 aliphatic carbocycles. The predicted octanol–water partition coefficient (Wildman–Crippen LogP) is 4.75. The van der Waals surface area contributed by atoms with E-state index in [4.69, 9.17) is 10.5 Å². The molecule has 0 atom stereocenters. The molecule has 3 aliphatic heterocycles. The minimum Gasteiger partial charge on any atom is -0.494 e. The zero-order chi connectivity index (χ0) is 30.8. The van der Waals surface area contributed by atoms with Gasteiger partial charge in [0.2, 0.25) is 11.9 Å². The molecule has 10 nitrogen and oxygen atoms in total. The Hall–Kier alpha value is -4.10. The average molecular weight is 611 g/mol. The molecule has 0 bridgehead atoms. The van der Waals surface area contributed by atoms with Crippen LogP contribution in [-0.4, -0.2) is 66.1 Å². The first-order valence-electron chi connectivity index (χ1n) is 15.0. The van der Waals surface area contributed by atoms with Crippen LogP contribution in [0.25, 0.3) is 0 Å². The fourth-order valence-corrected chi connectivity index (χ4v) is 6.32. The number of hydrogen-bond donors (Lipinski definition) is 4. The average Bonchev–Trinajstić information content (AvgIpc) is 3.41. The van der Waals surface area contributed by atoms with Gasteiger partial charge in [0.15, 0.2) is 0 Å². The van der Waals surface area contributed by atoms with E-state index in [0.29, 0.717) is 34.8 Å². The number of nitrogens with zero attached hydrogens (tertiary/aromatic N) is 4. The number of benzene rings is 2. The van der Waals surface area contributed by atoms with Crippen LogP contribution in [0.5, 0.6) is 5.75 Å². The standard InChI is InChI=1S/C31H37F3N8O2/c1-44-27-15-22(42-13-9-21(10-14-42)41-11-7-20(35)8-12-41)5-6-26(27)39-30-37-18-24(31(32,33)34)29(40-30)36-17-19-3-2-4-25-23(19)16-28(43)38-25/h2-6,15,18,20-21H,7-14,16-17,35H2,1H3,(H,38,43)(H2,36,37,39,40). The van der Waals surface area contributed by atoms with Crippen molar-refractivity contribution in [2.45, 2.75) is 56.9 Å². The van der Waals surface area contributed by atoms with Gasteiger partial charge in [-0.1, -0.05) is 12.1 Å². The summed E-state index contributed by atoms with van der Waals surface area (Å²) in [4.78, 5) is 24.9. The lowest BCUT2D eigenvalue weighted by Gasteiger charge is -2.42. The number of amides is 1. The number of piperidine rings is 2. The molecule has 0 unspecified atom stereocenters. The van der Waals surface area contributed by atoms with Crippen LogP contribution in [0.2, 0.25) is 0 Å². The molecule has 234 valence electrons. The number of likely N-dealkylation sites (tertiary alicyclic amines) is 1. The smallest absolute Gasteiger partial charge is 0.421 e. The second kappa shape index (κ2) is 12.5. The summed E-state index contributed by atoms with van der Waals surface area (Å²) in [5.74, 6) is 0.0110. The van der Waals surface area contributed by atoms with Crippen molar-refractivity contribution in [3.05, 3.63) is 59.3 Å². The molecular weight excluding hydrogens is 573 g/mol. The van der Waals surface area contributed by atoms with Gasteiger partial charge in [0.25, 0.3) is 0 Å². The zero-order valence-electron chi connectivity index (χ0n) is 24.6. The third kappa shape index (κ3) is 6.53. The van der Waals surface area contributed by atoms with Crippen molar-refractivity contribution in [1.82, 2.24) is 14.9 Å². The third-order valence-corrected chi connectivity index (χ3v) is 8.78. The maximum atomic E-state index is 13.9. The number of nitrogens with one attached hydrogen (secondary N) is 3. The molecule has 0 spiro atoms. The summed E-state index contributed by atoms with van der Waals surface area (Å²) < 4.78 is 47.2. The molecule has 3 aliphatic rings. The monoisotopic (exact) mass is 610 g/mol. The molecular formula is C31H37F3N8O2. The lowest BCUT2D eigenvalue weighted by molar-refractivity contribution is -0.137. The van der Waals surface area contributed by atoms with Crippen molar-refractivity contribution in [2.75, 3.05) is 54.1 Å². The largest absolute Gasteiger partial charge is 0.494 e. The van der Waals surface area contributed by atoms with E-state index in [-0.39, 0.29) is 30.6 Å². The molecule has 2 aromatic carbocycles. The van der Waals surface area contributed by atoms with E-state index in [1.54, 1.807) is 25.3 Å². The number of carbonyl (C=O) groups is 1. The van der Waals surface area contributed by atoms with Gasteiger partial charge >= 0.3 is 6.18 Å². The molecule has 4 heterocycles. The SMILES string of the molecule is COc1cc(N2CCC(N3CCC(N)CC3)CC2)ccc1Nc1ncc(C(F)(F)F)c(NCc2cccc3c2CC(=O)N3)n1. The Morgan fingerprint density at radius 1 is 1.09 bits per heavy atom. The summed E-state index contributed by atoms with van der Waals surface area (Å²) in [7, 11) is 1.55. The Morgan fingerprint density at radius 3 is 2.59 bits per heavy atom. The number of aromatic nitrogens is 2. The van der Waals surface area contributed by atoms with E-state index in [2.05, 4.69) is 35.7 Å². The summed E-state index contributed by atoms with van der Waals surface area (Å²) in [5, 5.41) is 8.60. The van der Waals surface area contributed by atoms with Crippen molar-refractivity contribution < 1.29 is 22.7 Å². The number of nitrogens with two attached hydrogens (primary N) is 1. The molecule has 1 aromatic heterocycles. The number of halogens is 3. The lowest BCUT2D eigenvalue weighted by atomic mass is 9.98. The summed E-state index contributed by atoms with van der Waals surface area (Å²) in [6, 6.07) is 11.9. The second-order valence-electron chi connectivity index (χ2n) is 11.6. The Kier molecular flexibility index (Phi) is 8.50. The maximum Gasteiger partial charge on any atom is 0.421 e. The zero-order valence-corrected chi connectivity index (χ0v) is 24.6. The van der Waals surface area contributed by atoms with Crippen molar-refractivity contribution in [3.63, 3.8) is 0 Å². The van der Waals surface area contributed by atoms with Gasteiger partial charge in [-0.25, -0.2) is 4.98 Å². The quantitative estimate of drug-likeness (QED) is 0.287. The van der Waals surface area contributed by atoms with Gasteiger partial charge in [0.05, 0.1) is 19.2 Å². The minimum absolute atomic E-state index is 0.0104. The van der Waals surface area contributed by atoms with E-state index >= 15 is 0 Å². The topological polar surface area (TPSA) is 121 Å². The van der Waals surface area contributed by atoms with Crippen LogP contribution in [0.3, 0.4) is 0 Å². The van der Waals surface area contributed by atoms with Crippen molar-refractivity contribution in [3.8, 4) is 5.75 Å². The van der Waals surface area contributed by atoms with Gasteiger partial charge in [-0.05, 0) is 68.1 Å². The van der Waals surface area contributed by atoms with Gasteiger partial charge in [-0.15, -0.1) is 0 Å². The Bertz CT molecular complexity index is 1500. The van der Waals surface area contributed by atoms with Gasteiger partial charge in [0, 0.05) is 55.4 Å². The van der Waals surface area contributed by atoms with Crippen molar-refractivity contribution >= 4 is 34.7 Å². The molecule has 0 radical (unpaired) electrons. The minimum atomic E-state index is -4.66. The summed E-state index contributed by atoms with van der Waals surface area (Å²) in [6.07, 6.45) is 0.541. The van der Waals surface area contributed by atoms with Crippen LogP contribution in [0.1, 0.15) is 42.4 Å². The second-order valence-corrected chi connectivity index (χ2v) is 11.6. The maximum absolute atomic E-state index is 13.9. The number of methoxy groups -OCH3 is 1. The first-order valence-corrected chi connectivity index (χ1v) is 15.0. The molecule has 2 saturated heterocycles. The highest BCUT2D eigenvalue weighted by atomic mass is 19.4. The lowest BCUT2D eigenvalue weighted by Crippen LogP contribution is -2.49. The van der Waals surface area contributed by atoms with Gasteiger partial charge in [-0.2, -0.15) is 18.2 Å². The predicted molar refractivity (Wildman–Crippen MR) is 163 cm³/mol. The number of fused-ring (bicyclic) bond motifs is 1. The molecule has 0 saturated carbocycles. The van der Waals surface area contributed by atoms with Gasteiger partial charge in [0.1, 0.15) is 17.1 Å². The van der Waals surface area contributed by atoms with Crippen LogP contribution in [0, 0.1) is 0 Å². The summed E-state index contributed by atoms with van der Waals surface area (Å²) in [5.41, 5.74) is 8.79. The summed E-state index contributed by atoms with van der Waals surface area (Å²) >= 11 is 0. The number of ether oxygens (including phenoxy) is 1. The number of carbonyl (C=O) groups excluding carboxylic acids is 1. The van der Waals surface area contributed by atoms with Crippen LogP contribution in [-0.2, 0) is 23.9 Å². The third-order valence-electron chi connectivity index (χ3n) is 8.78. The molecule has 13 heteroatoms. The van der Waals surface area contributed by atoms with E-state index in [9.17, 15) is 18.0 Å². The van der Waals surface area contributed by atoms with Crippen molar-refractivity contribution in [1.29, 1.82) is 0 Å². The fraction of sp³-hybridized carbons (Fsp3) is 0.452. The highest BCUT2D eigenvalue weighted by molar-refractivity contribution is 5.99. The van der Waals surface area contributed by atoms with E-state index in [1.807, 2.05) is 18.2 Å². The normalized spacial score (nSPS) is 18.2. The first-order chi connectivity index (χ1) is 21.2. The van der Waals surface area contributed by atoms with Crippen molar-refractivity contribution in [2.24, 2.45) is 5.73 Å². The Balaban J connectivity index is 1.15. The molecule has 3 aromatic rings. The van der Waals surface area contributed by atoms with E-state index < -0.39 is 11.7 Å². The van der Waals surface area contributed by atoms with E-state index in [0.717, 1.165) is 69.3 Å². The Labute approximate surface area is 254 Å². The highest BCUT2D eigenvalue weighted by Gasteiger charge is 2.35. The number of anilines is 5. The molecule has 1 amide bonds. The van der Waals surface area contributed by atoms with Gasteiger partial charge in [-0.3, -0.25) is 4.79 Å². The van der Waals surface area contributed by atoms with Crippen LogP contribution >= 0.6 is 0 Å². The molecule has 2 fully saturated rings. The van der Waals surface area contributed by atoms with Crippen LogP contribution in [0.4, 0.5) is 42.0 Å². The fourth-order valence-electron chi connectivity index (χ4n) is 6.32. The number of rotatable bonds is 8. The number of alkyl halides is 3. The highest BCUT2D eigenvalue weighted by Crippen LogP contribution is 2.37.